The van der Waals surface area contributed by atoms with E-state index >= 15 is 0 Å². The second kappa shape index (κ2) is 16.9. The van der Waals surface area contributed by atoms with Gasteiger partial charge in [-0.15, -0.1) is 0 Å². The van der Waals surface area contributed by atoms with Crippen LogP contribution in [-0.4, -0.2) is 57.9 Å². The van der Waals surface area contributed by atoms with E-state index in [0.717, 1.165) is 12.8 Å². The summed E-state index contributed by atoms with van der Waals surface area (Å²) < 4.78 is 10.9. The molecule has 0 heterocycles. The monoisotopic (exact) mass is 612 g/mol. The molecule has 2 N–H and O–H groups in total. The van der Waals surface area contributed by atoms with Crippen LogP contribution in [0.5, 0.6) is 5.75 Å². The van der Waals surface area contributed by atoms with Crippen LogP contribution in [-0.2, 0) is 19.1 Å². The lowest BCUT2D eigenvalue weighted by Crippen LogP contribution is -2.47. The molecule has 0 spiro atoms. The number of unbranched alkanes of at least 4 members (excludes halogenated alkanes) is 1. The first-order valence-corrected chi connectivity index (χ1v) is 14.7. The molecule has 0 aliphatic heterocycles. The molecule has 0 amide bonds. The van der Waals surface area contributed by atoms with E-state index in [2.05, 4.69) is 6.92 Å². The number of hydrogen-bond acceptors (Lipinski definition) is 8. The van der Waals surface area contributed by atoms with Crippen LogP contribution in [0.4, 0.5) is 0 Å². The zero-order valence-corrected chi connectivity index (χ0v) is 26.0. The lowest BCUT2D eigenvalue weighted by molar-refractivity contribution is -0.163. The number of hydrogen-bond donors (Lipinski definition) is 2. The number of aliphatic hydroxyl groups is 2. The second-order valence-corrected chi connectivity index (χ2v) is 11.4. The van der Waals surface area contributed by atoms with E-state index in [1.165, 1.54) is 0 Å². The maximum atomic E-state index is 12.4. The average Bonchev–Trinajstić information content (AvgIpc) is 2.96. The zero-order chi connectivity index (χ0) is 32.2. The molecule has 1 saturated carbocycles. The van der Waals surface area contributed by atoms with Gasteiger partial charge in [0, 0.05) is 16.1 Å². The van der Waals surface area contributed by atoms with Gasteiger partial charge in [-0.2, -0.15) is 0 Å². The van der Waals surface area contributed by atoms with Crippen molar-refractivity contribution in [3.63, 3.8) is 0 Å². The van der Waals surface area contributed by atoms with E-state index in [0.29, 0.717) is 28.2 Å². The number of rotatable bonds is 11. The Hall–Kier alpha value is -3.59. The van der Waals surface area contributed by atoms with E-state index < -0.39 is 35.5 Å². The van der Waals surface area contributed by atoms with Gasteiger partial charge in [0.05, 0.1) is 18.1 Å². The van der Waals surface area contributed by atoms with Gasteiger partial charge in [-0.1, -0.05) is 49.2 Å². The van der Waals surface area contributed by atoms with Crippen molar-refractivity contribution in [3.8, 4) is 5.75 Å². The Balaban J connectivity index is 0.000000317. The number of benzene rings is 2. The van der Waals surface area contributed by atoms with Crippen molar-refractivity contribution in [2.75, 3.05) is 0 Å². The summed E-state index contributed by atoms with van der Waals surface area (Å²) in [7, 11) is 0. The Morgan fingerprint density at radius 1 is 1.02 bits per heavy atom. The maximum Gasteiger partial charge on any atom is 0.350 e. The predicted molar refractivity (Wildman–Crippen MR) is 165 cm³/mol. The molecule has 0 aromatic heterocycles. The highest BCUT2D eigenvalue weighted by molar-refractivity contribution is 6.30. The number of aldehydes is 1. The normalized spacial score (nSPS) is 20.5. The number of carbonyl (C=O) groups excluding carboxylic acids is 4. The highest BCUT2D eigenvalue weighted by Gasteiger charge is 2.41. The fraction of sp³-hybridized carbons (Fsp3) is 0.412. The van der Waals surface area contributed by atoms with Gasteiger partial charge in [-0.3, -0.25) is 9.59 Å². The van der Waals surface area contributed by atoms with Crippen LogP contribution in [0.2, 0.25) is 5.02 Å². The molecule has 2 aromatic carbocycles. The highest BCUT2D eigenvalue weighted by Crippen LogP contribution is 2.28. The maximum absolute atomic E-state index is 12.4. The number of carbonyl (C=O) groups is 4. The number of halogens is 1. The number of Topliss-reactive ketones (excluding diaryl/α,β-unsaturated/α-hetero) is 1. The lowest BCUT2D eigenvalue weighted by Gasteiger charge is -2.31. The number of ketones is 2. The minimum atomic E-state index is -1.43. The SMILES string of the molecule is CC(C)OC(=O)C(C)(C)Oc1ccc(C(=O)c2ccc(Cl)cc2)cc1.CCCC=CC=CC1CC(O)C(O)C(=O)C1C=O. The summed E-state index contributed by atoms with van der Waals surface area (Å²) in [6, 6.07) is 13.4. The lowest BCUT2D eigenvalue weighted by atomic mass is 9.76. The van der Waals surface area contributed by atoms with Crippen molar-refractivity contribution in [1.82, 2.24) is 0 Å². The summed E-state index contributed by atoms with van der Waals surface area (Å²) in [6.07, 6.45) is 7.51. The van der Waals surface area contributed by atoms with E-state index in [-0.39, 0.29) is 24.2 Å². The molecule has 8 nitrogen and oxygen atoms in total. The smallest absolute Gasteiger partial charge is 0.350 e. The summed E-state index contributed by atoms with van der Waals surface area (Å²) in [5.74, 6) is -1.83. The Bertz CT molecular complexity index is 1280. The molecule has 0 bridgehead atoms. The van der Waals surface area contributed by atoms with Crippen molar-refractivity contribution >= 4 is 35.4 Å². The van der Waals surface area contributed by atoms with Crippen molar-refractivity contribution in [2.24, 2.45) is 11.8 Å². The molecule has 9 heteroatoms. The third-order valence-corrected chi connectivity index (χ3v) is 6.85. The first-order chi connectivity index (χ1) is 20.3. The van der Waals surface area contributed by atoms with Gasteiger partial charge in [0.1, 0.15) is 18.1 Å². The summed E-state index contributed by atoms with van der Waals surface area (Å²) >= 11 is 5.84. The summed E-state index contributed by atoms with van der Waals surface area (Å²) in [5.41, 5.74) is -0.0393. The molecular weight excluding hydrogens is 572 g/mol. The van der Waals surface area contributed by atoms with Crippen LogP contribution >= 0.6 is 11.6 Å². The molecular formula is C34H41ClO8. The van der Waals surface area contributed by atoms with Crippen molar-refractivity contribution in [3.05, 3.63) is 89.0 Å². The molecule has 0 radical (unpaired) electrons. The fourth-order valence-electron chi connectivity index (χ4n) is 4.20. The Labute approximate surface area is 258 Å². The van der Waals surface area contributed by atoms with Crippen LogP contribution in [0.1, 0.15) is 69.8 Å². The average molecular weight is 613 g/mol. The number of aliphatic hydroxyl groups excluding tert-OH is 2. The van der Waals surface area contributed by atoms with Gasteiger partial charge < -0.3 is 24.5 Å². The van der Waals surface area contributed by atoms with Crippen LogP contribution < -0.4 is 4.74 Å². The van der Waals surface area contributed by atoms with E-state index in [9.17, 15) is 29.4 Å². The quantitative estimate of drug-likeness (QED) is 0.109. The first-order valence-electron chi connectivity index (χ1n) is 14.3. The van der Waals surface area contributed by atoms with Crippen LogP contribution in [0.25, 0.3) is 0 Å². The third-order valence-electron chi connectivity index (χ3n) is 6.60. The predicted octanol–water partition coefficient (Wildman–Crippen LogP) is 5.70. The highest BCUT2D eigenvalue weighted by atomic mass is 35.5. The third kappa shape index (κ3) is 10.9. The minimum Gasteiger partial charge on any atom is -0.476 e. The van der Waals surface area contributed by atoms with Crippen molar-refractivity contribution in [1.29, 1.82) is 0 Å². The van der Waals surface area contributed by atoms with E-state index in [1.807, 2.05) is 12.2 Å². The van der Waals surface area contributed by atoms with Gasteiger partial charge in [-0.05, 0) is 95.0 Å². The number of allylic oxidation sites excluding steroid dienone is 4. The molecule has 1 aliphatic rings. The molecule has 232 valence electrons. The standard InChI is InChI=1S/C20H21ClO4.C14H20O4/c1-13(2)24-19(23)20(3,4)25-17-11-7-15(8-12-17)18(22)14-5-9-16(21)10-6-14;1-2-3-4-5-6-7-10-8-12(16)14(18)13(17)11(10)9-15/h5-13H,1-4H3;4-7,9-12,14,16,18H,2-3,8H2,1H3. The first kappa shape index (κ1) is 35.6. The fourth-order valence-corrected chi connectivity index (χ4v) is 4.33. The summed E-state index contributed by atoms with van der Waals surface area (Å²) in [6.45, 7) is 8.93. The number of esters is 1. The Morgan fingerprint density at radius 2 is 1.60 bits per heavy atom. The molecule has 1 fully saturated rings. The Kier molecular flexibility index (Phi) is 14.0. The van der Waals surface area contributed by atoms with E-state index in [1.54, 1.807) is 88.4 Å². The number of ether oxygens (including phenoxy) is 2. The van der Waals surface area contributed by atoms with Gasteiger partial charge in [-0.25, -0.2) is 4.79 Å². The summed E-state index contributed by atoms with van der Waals surface area (Å²) in [5, 5.41) is 19.5. The second-order valence-electron chi connectivity index (χ2n) is 11.0. The minimum absolute atomic E-state index is 0.110. The Morgan fingerprint density at radius 3 is 2.14 bits per heavy atom. The van der Waals surface area contributed by atoms with E-state index in [4.69, 9.17) is 21.1 Å². The molecule has 1 aliphatic carbocycles. The molecule has 4 unspecified atom stereocenters. The van der Waals surface area contributed by atoms with Gasteiger partial charge in [0.2, 0.25) is 0 Å². The zero-order valence-electron chi connectivity index (χ0n) is 25.2. The molecule has 4 atom stereocenters. The molecule has 0 saturated heterocycles. The summed E-state index contributed by atoms with van der Waals surface area (Å²) in [4.78, 5) is 47.0. The molecule has 2 aromatic rings. The van der Waals surface area contributed by atoms with Crippen LogP contribution in [0.3, 0.4) is 0 Å². The van der Waals surface area contributed by atoms with Crippen LogP contribution in [0.15, 0.2) is 72.8 Å². The largest absolute Gasteiger partial charge is 0.476 e. The van der Waals surface area contributed by atoms with Gasteiger partial charge in [0.15, 0.2) is 17.2 Å². The van der Waals surface area contributed by atoms with Crippen molar-refractivity contribution in [2.45, 2.75) is 77.8 Å². The van der Waals surface area contributed by atoms with Gasteiger partial charge in [0.25, 0.3) is 0 Å². The molecule has 3 rings (SSSR count). The topological polar surface area (TPSA) is 127 Å². The molecule has 43 heavy (non-hydrogen) atoms. The van der Waals surface area contributed by atoms with Crippen LogP contribution in [0, 0.1) is 11.8 Å². The van der Waals surface area contributed by atoms with Crippen molar-refractivity contribution < 1.29 is 38.9 Å². The van der Waals surface area contributed by atoms with Gasteiger partial charge >= 0.3 is 5.97 Å².